The highest BCUT2D eigenvalue weighted by molar-refractivity contribution is 8.18. The van der Waals surface area contributed by atoms with Crippen LogP contribution in [0.15, 0.2) is 47.4 Å². The predicted molar refractivity (Wildman–Crippen MR) is 104 cm³/mol. The normalized spacial score (nSPS) is 16.6. The highest BCUT2D eigenvalue weighted by atomic mass is 32.2. The van der Waals surface area contributed by atoms with Gasteiger partial charge in [0.15, 0.2) is 11.5 Å². The van der Waals surface area contributed by atoms with Crippen molar-refractivity contribution in [2.75, 3.05) is 19.9 Å². The van der Waals surface area contributed by atoms with Crippen LogP contribution in [0.4, 0.5) is 9.18 Å². The van der Waals surface area contributed by atoms with Gasteiger partial charge in [-0.1, -0.05) is 18.2 Å². The first kappa shape index (κ1) is 19.0. The SMILES string of the molecule is O=C(NCCN1C(=O)S/C(=C\c2ccccc2F)C1=O)c1ccc2c(c1)OCO2. The van der Waals surface area contributed by atoms with Crippen LogP contribution in [0, 0.1) is 5.82 Å². The first-order valence-electron chi connectivity index (χ1n) is 8.70. The van der Waals surface area contributed by atoms with Crippen LogP contribution in [0.25, 0.3) is 6.08 Å². The molecular weight excluding hydrogens is 399 g/mol. The summed E-state index contributed by atoms with van der Waals surface area (Å²) < 4.78 is 24.2. The molecule has 0 spiro atoms. The van der Waals surface area contributed by atoms with Crippen molar-refractivity contribution in [2.45, 2.75) is 0 Å². The van der Waals surface area contributed by atoms with Gasteiger partial charge in [-0.25, -0.2) is 4.39 Å². The second-order valence-corrected chi connectivity index (χ2v) is 7.17. The lowest BCUT2D eigenvalue weighted by Crippen LogP contribution is -2.37. The molecule has 1 saturated heterocycles. The molecule has 3 amide bonds. The van der Waals surface area contributed by atoms with E-state index in [9.17, 15) is 18.8 Å². The third-order valence-corrected chi connectivity index (χ3v) is 5.23. The smallest absolute Gasteiger partial charge is 0.293 e. The Kier molecular flexibility index (Phi) is 5.22. The minimum atomic E-state index is -0.513. The maximum absolute atomic E-state index is 13.8. The number of ether oxygens (including phenoxy) is 2. The van der Waals surface area contributed by atoms with Gasteiger partial charge in [0.25, 0.3) is 17.1 Å². The first-order valence-corrected chi connectivity index (χ1v) is 9.52. The van der Waals surface area contributed by atoms with Gasteiger partial charge in [-0.3, -0.25) is 19.3 Å². The summed E-state index contributed by atoms with van der Waals surface area (Å²) in [7, 11) is 0. The summed E-state index contributed by atoms with van der Waals surface area (Å²) in [5.41, 5.74) is 0.608. The number of carbonyl (C=O) groups excluding carboxylic acids is 3. The summed E-state index contributed by atoms with van der Waals surface area (Å²) in [6.45, 7) is 0.202. The first-order chi connectivity index (χ1) is 14.0. The molecule has 0 aliphatic carbocycles. The van der Waals surface area contributed by atoms with E-state index in [1.807, 2.05) is 0 Å². The third-order valence-electron chi connectivity index (χ3n) is 4.32. The number of halogens is 1. The minimum Gasteiger partial charge on any atom is -0.454 e. The molecule has 2 heterocycles. The van der Waals surface area contributed by atoms with Crippen molar-refractivity contribution in [1.29, 1.82) is 0 Å². The van der Waals surface area contributed by atoms with Crippen molar-refractivity contribution >= 4 is 34.9 Å². The van der Waals surface area contributed by atoms with Gasteiger partial charge in [-0.2, -0.15) is 0 Å². The van der Waals surface area contributed by atoms with E-state index in [0.717, 1.165) is 16.7 Å². The van der Waals surface area contributed by atoms with Crippen molar-refractivity contribution < 1.29 is 28.2 Å². The Hall–Kier alpha value is -3.33. The monoisotopic (exact) mass is 414 g/mol. The number of nitrogens with zero attached hydrogens (tertiary/aromatic N) is 1. The van der Waals surface area contributed by atoms with Crippen molar-refractivity contribution in [3.63, 3.8) is 0 Å². The number of fused-ring (bicyclic) bond motifs is 1. The summed E-state index contributed by atoms with van der Waals surface area (Å²) in [4.78, 5) is 38.0. The van der Waals surface area contributed by atoms with E-state index in [-0.39, 0.29) is 36.3 Å². The van der Waals surface area contributed by atoms with Gasteiger partial charge in [0.1, 0.15) is 5.82 Å². The van der Waals surface area contributed by atoms with Gasteiger partial charge in [0.05, 0.1) is 4.91 Å². The summed E-state index contributed by atoms with van der Waals surface area (Å²) in [5.74, 6) is -0.295. The molecule has 7 nitrogen and oxygen atoms in total. The molecule has 2 aromatic carbocycles. The molecule has 148 valence electrons. The number of hydrogen-bond acceptors (Lipinski definition) is 6. The average Bonchev–Trinajstić information content (AvgIpc) is 3.28. The zero-order valence-corrected chi connectivity index (χ0v) is 15.8. The fourth-order valence-electron chi connectivity index (χ4n) is 2.85. The zero-order valence-electron chi connectivity index (χ0n) is 15.0. The van der Waals surface area contributed by atoms with E-state index in [4.69, 9.17) is 9.47 Å². The fraction of sp³-hybridized carbons (Fsp3) is 0.150. The van der Waals surface area contributed by atoms with Gasteiger partial charge >= 0.3 is 0 Å². The Balaban J connectivity index is 1.36. The number of carbonyl (C=O) groups is 3. The molecule has 0 unspecified atom stereocenters. The molecule has 2 aliphatic rings. The highest BCUT2D eigenvalue weighted by Crippen LogP contribution is 2.33. The van der Waals surface area contributed by atoms with Crippen LogP contribution in [0.3, 0.4) is 0 Å². The van der Waals surface area contributed by atoms with Crippen molar-refractivity contribution in [2.24, 2.45) is 0 Å². The van der Waals surface area contributed by atoms with Crippen LogP contribution in [-0.2, 0) is 4.79 Å². The van der Waals surface area contributed by atoms with Gasteiger partial charge in [0.2, 0.25) is 6.79 Å². The van der Waals surface area contributed by atoms with Crippen LogP contribution < -0.4 is 14.8 Å². The van der Waals surface area contributed by atoms with Gasteiger partial charge in [0, 0.05) is 24.2 Å². The van der Waals surface area contributed by atoms with E-state index >= 15 is 0 Å². The number of benzene rings is 2. The quantitative estimate of drug-likeness (QED) is 0.757. The fourth-order valence-corrected chi connectivity index (χ4v) is 3.70. The number of nitrogens with one attached hydrogen (secondary N) is 1. The summed E-state index contributed by atoms with van der Waals surface area (Å²) in [6.07, 6.45) is 1.35. The van der Waals surface area contributed by atoms with Crippen molar-refractivity contribution in [3.05, 3.63) is 64.3 Å². The Morgan fingerprint density at radius 2 is 1.97 bits per heavy atom. The molecule has 0 radical (unpaired) electrons. The lowest BCUT2D eigenvalue weighted by molar-refractivity contribution is -0.122. The number of hydrogen-bond donors (Lipinski definition) is 1. The number of amides is 3. The predicted octanol–water partition coefficient (Wildman–Crippen LogP) is 3.02. The Morgan fingerprint density at radius 1 is 1.17 bits per heavy atom. The largest absolute Gasteiger partial charge is 0.454 e. The molecule has 1 fully saturated rings. The molecule has 4 rings (SSSR count). The Labute approximate surface area is 169 Å². The standard InChI is InChI=1S/C20H15FN2O5S/c21-14-4-2-1-3-12(14)10-17-19(25)23(20(26)29-17)8-7-22-18(24)13-5-6-15-16(9-13)28-11-27-15/h1-6,9-10H,7-8,11H2,(H,22,24)/b17-10-. The number of thioether (sulfide) groups is 1. The van der Waals surface area contributed by atoms with Crippen LogP contribution in [0.1, 0.15) is 15.9 Å². The van der Waals surface area contributed by atoms with E-state index in [1.54, 1.807) is 30.3 Å². The molecule has 0 bridgehead atoms. The lowest BCUT2D eigenvalue weighted by Gasteiger charge is -2.13. The van der Waals surface area contributed by atoms with Gasteiger partial charge in [-0.15, -0.1) is 0 Å². The van der Waals surface area contributed by atoms with Crippen LogP contribution in [0.2, 0.25) is 0 Å². The van der Waals surface area contributed by atoms with Crippen molar-refractivity contribution in [3.8, 4) is 11.5 Å². The van der Waals surface area contributed by atoms with Crippen LogP contribution in [0.5, 0.6) is 11.5 Å². The molecular formula is C20H15FN2O5S. The van der Waals surface area contributed by atoms with Crippen molar-refractivity contribution in [1.82, 2.24) is 10.2 Å². The minimum absolute atomic E-state index is 0.00949. The molecule has 9 heteroatoms. The van der Waals surface area contributed by atoms with Crippen LogP contribution >= 0.6 is 11.8 Å². The molecule has 0 aromatic heterocycles. The molecule has 1 N–H and O–H groups in total. The van der Waals surface area contributed by atoms with E-state index in [2.05, 4.69) is 5.32 Å². The van der Waals surface area contributed by atoms with E-state index in [0.29, 0.717) is 17.1 Å². The summed E-state index contributed by atoms with van der Waals surface area (Å²) in [5, 5.41) is 2.20. The maximum atomic E-state index is 13.8. The molecule has 2 aromatic rings. The molecule has 0 saturated carbocycles. The van der Waals surface area contributed by atoms with Gasteiger partial charge in [-0.05, 0) is 42.1 Å². The average molecular weight is 414 g/mol. The molecule has 2 aliphatic heterocycles. The maximum Gasteiger partial charge on any atom is 0.293 e. The molecule has 0 atom stereocenters. The Bertz CT molecular complexity index is 1040. The lowest BCUT2D eigenvalue weighted by atomic mass is 10.2. The summed E-state index contributed by atoms with van der Waals surface area (Å²) in [6, 6.07) is 10.8. The topological polar surface area (TPSA) is 84.9 Å². The number of imide groups is 1. The second-order valence-electron chi connectivity index (χ2n) is 6.18. The van der Waals surface area contributed by atoms with E-state index < -0.39 is 17.0 Å². The highest BCUT2D eigenvalue weighted by Gasteiger charge is 2.34. The zero-order chi connectivity index (χ0) is 20.4. The Morgan fingerprint density at radius 3 is 2.79 bits per heavy atom. The van der Waals surface area contributed by atoms with Crippen LogP contribution in [-0.4, -0.2) is 41.8 Å². The van der Waals surface area contributed by atoms with E-state index in [1.165, 1.54) is 18.2 Å². The summed E-state index contributed by atoms with van der Waals surface area (Å²) >= 11 is 0.743. The third kappa shape index (κ3) is 3.95. The number of rotatable bonds is 5. The second kappa shape index (κ2) is 7.96. The van der Waals surface area contributed by atoms with Gasteiger partial charge < -0.3 is 14.8 Å². The molecule has 29 heavy (non-hydrogen) atoms.